The van der Waals surface area contributed by atoms with E-state index in [0.29, 0.717) is 12.0 Å². The average molecular weight is 479 g/mol. The molecule has 3 amide bonds. The van der Waals surface area contributed by atoms with Crippen molar-refractivity contribution in [2.45, 2.75) is 46.0 Å². The number of alkyl carbamates (subject to hydrolysis) is 1. The number of hydrogen-bond acceptors (Lipinski definition) is 4. The summed E-state index contributed by atoms with van der Waals surface area (Å²) < 4.78 is 42.4. The molecule has 34 heavy (non-hydrogen) atoms. The van der Waals surface area contributed by atoms with Crippen LogP contribution in [0.25, 0.3) is 0 Å². The van der Waals surface area contributed by atoms with Gasteiger partial charge in [0.05, 0.1) is 0 Å². The van der Waals surface area contributed by atoms with Crippen molar-refractivity contribution in [2.75, 3.05) is 11.9 Å². The van der Waals surface area contributed by atoms with E-state index in [1.54, 1.807) is 31.3 Å². The number of amides is 3. The van der Waals surface area contributed by atoms with E-state index in [1.165, 1.54) is 18.2 Å². The van der Waals surface area contributed by atoms with E-state index in [-0.39, 0.29) is 23.8 Å². The van der Waals surface area contributed by atoms with Gasteiger partial charge in [-0.15, -0.1) is 0 Å². The van der Waals surface area contributed by atoms with Crippen LogP contribution in [0.4, 0.5) is 23.7 Å². The van der Waals surface area contributed by atoms with Gasteiger partial charge in [-0.25, -0.2) is 4.79 Å². The van der Waals surface area contributed by atoms with E-state index < -0.39 is 36.7 Å². The lowest BCUT2D eigenvalue weighted by atomic mass is 9.98. The quantitative estimate of drug-likeness (QED) is 0.491. The Morgan fingerprint density at radius 2 is 1.74 bits per heavy atom. The minimum Gasteiger partial charge on any atom is -0.445 e. The van der Waals surface area contributed by atoms with E-state index in [1.807, 2.05) is 25.1 Å². The molecule has 0 aromatic heterocycles. The van der Waals surface area contributed by atoms with Crippen LogP contribution < -0.4 is 16.0 Å². The standard InChI is InChI=1S/C24H28F3N3O4/c1-4-15(2)20(30-23(33)34-13-17-8-6-5-7-9-17)22(32)29-19-12-18(11-10-16(19)3)21(31)28-14-24(25,26)27/h5-12,15,20H,4,13-14H2,1-3H3,(H,28,31)(H,29,32)(H,30,33)/t15-,20-/m0/s1. The van der Waals surface area contributed by atoms with Crippen LogP contribution >= 0.6 is 0 Å². The highest BCUT2D eigenvalue weighted by molar-refractivity contribution is 6.00. The fourth-order valence-electron chi connectivity index (χ4n) is 2.98. The first-order chi connectivity index (χ1) is 16.0. The number of ether oxygens (including phenoxy) is 1. The lowest BCUT2D eigenvalue weighted by Crippen LogP contribution is -2.48. The van der Waals surface area contributed by atoms with Gasteiger partial charge < -0.3 is 20.7 Å². The Hall–Kier alpha value is -3.56. The van der Waals surface area contributed by atoms with E-state index in [2.05, 4.69) is 10.6 Å². The van der Waals surface area contributed by atoms with E-state index in [4.69, 9.17) is 4.74 Å². The lowest BCUT2D eigenvalue weighted by Gasteiger charge is -2.24. The van der Waals surface area contributed by atoms with Gasteiger partial charge in [-0.05, 0) is 36.1 Å². The molecule has 2 rings (SSSR count). The number of anilines is 1. The van der Waals surface area contributed by atoms with E-state index >= 15 is 0 Å². The Balaban J connectivity index is 2.08. The van der Waals surface area contributed by atoms with Gasteiger partial charge in [0.1, 0.15) is 19.2 Å². The minimum atomic E-state index is -4.54. The number of nitrogens with one attached hydrogen (secondary N) is 3. The molecule has 0 spiro atoms. The van der Waals surface area contributed by atoms with Crippen LogP contribution in [0.3, 0.4) is 0 Å². The molecule has 2 aromatic carbocycles. The number of aryl methyl sites for hydroxylation is 1. The van der Waals surface area contributed by atoms with Gasteiger partial charge in [-0.2, -0.15) is 13.2 Å². The van der Waals surface area contributed by atoms with Gasteiger partial charge >= 0.3 is 12.3 Å². The zero-order valence-electron chi connectivity index (χ0n) is 19.2. The third-order valence-corrected chi connectivity index (χ3v) is 5.19. The van der Waals surface area contributed by atoms with Crippen LogP contribution in [-0.2, 0) is 16.1 Å². The summed E-state index contributed by atoms with van der Waals surface area (Å²) >= 11 is 0. The molecule has 0 saturated carbocycles. The van der Waals surface area contributed by atoms with Gasteiger partial charge in [0.15, 0.2) is 0 Å². The Labute approximate surface area is 196 Å². The number of carbonyl (C=O) groups excluding carboxylic acids is 3. The Morgan fingerprint density at radius 1 is 1.06 bits per heavy atom. The molecule has 0 aliphatic rings. The Kier molecular flexibility index (Phi) is 9.47. The van der Waals surface area contributed by atoms with Crippen molar-refractivity contribution < 1.29 is 32.3 Å². The summed E-state index contributed by atoms with van der Waals surface area (Å²) in [6, 6.07) is 12.3. The van der Waals surface area contributed by atoms with Crippen molar-refractivity contribution >= 4 is 23.6 Å². The zero-order valence-corrected chi connectivity index (χ0v) is 19.2. The molecule has 0 heterocycles. The molecule has 7 nitrogen and oxygen atoms in total. The topological polar surface area (TPSA) is 96.5 Å². The molecule has 184 valence electrons. The van der Waals surface area contributed by atoms with Crippen molar-refractivity contribution in [3.05, 3.63) is 65.2 Å². The predicted molar refractivity (Wildman–Crippen MR) is 121 cm³/mol. The molecule has 0 saturated heterocycles. The maximum Gasteiger partial charge on any atom is 0.408 e. The molecule has 10 heteroatoms. The summed E-state index contributed by atoms with van der Waals surface area (Å²) in [6.45, 7) is 3.89. The SMILES string of the molecule is CC[C@H](C)[C@H](NC(=O)OCc1ccccc1)C(=O)Nc1cc(C(=O)NCC(F)(F)F)ccc1C. The molecule has 0 bridgehead atoms. The molecule has 2 aromatic rings. The number of hydrogen-bond donors (Lipinski definition) is 3. The monoisotopic (exact) mass is 479 g/mol. The molecule has 0 unspecified atom stereocenters. The number of alkyl halides is 3. The second-order valence-electron chi connectivity index (χ2n) is 7.89. The zero-order chi connectivity index (χ0) is 25.3. The normalized spacial score (nSPS) is 12.9. The molecule has 2 atom stereocenters. The fraction of sp³-hybridized carbons (Fsp3) is 0.375. The van der Waals surface area contributed by atoms with Gasteiger partial charge in [-0.1, -0.05) is 56.7 Å². The maximum atomic E-state index is 13.0. The van der Waals surface area contributed by atoms with Crippen molar-refractivity contribution in [2.24, 2.45) is 5.92 Å². The first kappa shape index (κ1) is 26.7. The second kappa shape index (κ2) is 12.1. The van der Waals surface area contributed by atoms with Gasteiger partial charge in [0.2, 0.25) is 5.91 Å². The summed E-state index contributed by atoms with van der Waals surface area (Å²) in [6.07, 6.45) is -4.72. The molecular formula is C24H28F3N3O4. The summed E-state index contributed by atoms with van der Waals surface area (Å²) in [5.74, 6) is -1.71. The molecule has 3 N–H and O–H groups in total. The van der Waals surface area contributed by atoms with Crippen LogP contribution in [0.5, 0.6) is 0 Å². The van der Waals surface area contributed by atoms with Crippen LogP contribution in [0.1, 0.15) is 41.8 Å². The highest BCUT2D eigenvalue weighted by atomic mass is 19.4. The third-order valence-electron chi connectivity index (χ3n) is 5.19. The van der Waals surface area contributed by atoms with E-state index in [9.17, 15) is 27.6 Å². The summed E-state index contributed by atoms with van der Waals surface area (Å²) in [5, 5.41) is 7.03. The van der Waals surface area contributed by atoms with Crippen LogP contribution in [0.15, 0.2) is 48.5 Å². The van der Waals surface area contributed by atoms with Gasteiger partial charge in [-0.3, -0.25) is 9.59 Å². The average Bonchev–Trinajstić information content (AvgIpc) is 2.80. The number of benzene rings is 2. The van der Waals surface area contributed by atoms with Gasteiger partial charge in [0, 0.05) is 11.3 Å². The first-order valence-electron chi connectivity index (χ1n) is 10.7. The van der Waals surface area contributed by atoms with Crippen LogP contribution in [0.2, 0.25) is 0 Å². The van der Waals surface area contributed by atoms with Crippen molar-refractivity contribution in [1.29, 1.82) is 0 Å². The minimum absolute atomic E-state index is 0.0374. The highest BCUT2D eigenvalue weighted by Gasteiger charge is 2.29. The van der Waals surface area contributed by atoms with Gasteiger partial charge in [0.25, 0.3) is 5.91 Å². The first-order valence-corrected chi connectivity index (χ1v) is 10.7. The fourth-order valence-corrected chi connectivity index (χ4v) is 2.98. The predicted octanol–water partition coefficient (Wildman–Crippen LogP) is 4.57. The van der Waals surface area contributed by atoms with Crippen molar-refractivity contribution in [3.8, 4) is 0 Å². The molecule has 0 fully saturated rings. The highest BCUT2D eigenvalue weighted by Crippen LogP contribution is 2.20. The van der Waals surface area contributed by atoms with Crippen LogP contribution in [-0.4, -0.2) is 36.7 Å². The smallest absolute Gasteiger partial charge is 0.408 e. The molecule has 0 aliphatic heterocycles. The lowest BCUT2D eigenvalue weighted by molar-refractivity contribution is -0.123. The van der Waals surface area contributed by atoms with Crippen LogP contribution in [0, 0.1) is 12.8 Å². The van der Waals surface area contributed by atoms with Crippen molar-refractivity contribution in [3.63, 3.8) is 0 Å². The largest absolute Gasteiger partial charge is 0.445 e. The molecule has 0 aliphatic carbocycles. The summed E-state index contributed by atoms with van der Waals surface area (Å²) in [4.78, 5) is 37.4. The molecule has 0 radical (unpaired) electrons. The number of rotatable bonds is 9. The number of carbonyl (C=O) groups is 3. The third kappa shape index (κ3) is 8.42. The Bertz CT molecular complexity index is 997. The molecular weight excluding hydrogens is 451 g/mol. The maximum absolute atomic E-state index is 13.0. The second-order valence-corrected chi connectivity index (χ2v) is 7.89. The van der Waals surface area contributed by atoms with E-state index in [0.717, 1.165) is 5.56 Å². The number of halogens is 3. The summed E-state index contributed by atoms with van der Waals surface area (Å²) in [5.41, 5.74) is 1.59. The summed E-state index contributed by atoms with van der Waals surface area (Å²) in [7, 11) is 0. The van der Waals surface area contributed by atoms with Crippen molar-refractivity contribution in [1.82, 2.24) is 10.6 Å². The Morgan fingerprint density at radius 3 is 2.35 bits per heavy atom.